The van der Waals surface area contributed by atoms with Crippen molar-refractivity contribution in [2.24, 2.45) is 0 Å². The summed E-state index contributed by atoms with van der Waals surface area (Å²) in [7, 11) is 0. The number of H-pyrrole nitrogens is 1. The molecule has 2 aromatic carbocycles. The van der Waals surface area contributed by atoms with Crippen LogP contribution in [0.2, 0.25) is 5.02 Å². The third-order valence-electron chi connectivity index (χ3n) is 4.05. The molecule has 0 aliphatic rings. The average Bonchev–Trinajstić information content (AvgIpc) is 3.28. The van der Waals surface area contributed by atoms with Crippen molar-refractivity contribution in [3.8, 4) is 22.0 Å². The highest BCUT2D eigenvalue weighted by atomic mass is 35.5. The van der Waals surface area contributed by atoms with Gasteiger partial charge in [-0.15, -0.1) is 11.3 Å². The van der Waals surface area contributed by atoms with Crippen LogP contribution in [-0.4, -0.2) is 26.1 Å². The first kappa shape index (κ1) is 18.3. The summed E-state index contributed by atoms with van der Waals surface area (Å²) < 4.78 is 0. The number of halogens is 1. The van der Waals surface area contributed by atoms with Crippen molar-refractivity contribution in [3.05, 3.63) is 69.9 Å². The van der Waals surface area contributed by atoms with Gasteiger partial charge in [-0.1, -0.05) is 35.9 Å². The van der Waals surface area contributed by atoms with Gasteiger partial charge in [0.2, 0.25) is 0 Å². The van der Waals surface area contributed by atoms with Gasteiger partial charge < -0.3 is 5.32 Å². The Hall–Kier alpha value is -3.03. The first-order valence-electron chi connectivity index (χ1n) is 8.54. The molecule has 0 saturated heterocycles. The molecular weight excluding hydrogens is 394 g/mol. The van der Waals surface area contributed by atoms with Crippen LogP contribution >= 0.6 is 22.9 Å². The Bertz CT molecular complexity index is 1170. The number of aryl methyl sites for hydroxylation is 2. The summed E-state index contributed by atoms with van der Waals surface area (Å²) in [6.45, 7) is 3.67. The van der Waals surface area contributed by atoms with Gasteiger partial charge in [-0.05, 0) is 38.1 Å². The van der Waals surface area contributed by atoms with Gasteiger partial charge in [0.25, 0.3) is 5.91 Å². The molecule has 6 nitrogen and oxygen atoms in total. The highest BCUT2D eigenvalue weighted by Crippen LogP contribution is 2.30. The van der Waals surface area contributed by atoms with Crippen molar-refractivity contribution in [2.75, 3.05) is 5.32 Å². The highest BCUT2D eigenvalue weighted by molar-refractivity contribution is 7.17. The molecule has 2 aromatic heterocycles. The van der Waals surface area contributed by atoms with Gasteiger partial charge in [-0.2, -0.15) is 5.10 Å². The number of hydrogen-bond donors (Lipinski definition) is 2. The lowest BCUT2D eigenvalue weighted by molar-refractivity contribution is 0.103. The summed E-state index contributed by atoms with van der Waals surface area (Å²) in [5.41, 5.74) is 3.06. The fourth-order valence-corrected chi connectivity index (χ4v) is 3.90. The number of anilines is 1. The zero-order chi connectivity index (χ0) is 19.7. The van der Waals surface area contributed by atoms with E-state index < -0.39 is 0 Å². The molecule has 4 aromatic rings. The van der Waals surface area contributed by atoms with Gasteiger partial charge in [-0.25, -0.2) is 9.97 Å². The zero-order valence-corrected chi connectivity index (χ0v) is 16.7. The Balaban J connectivity index is 1.58. The van der Waals surface area contributed by atoms with Crippen molar-refractivity contribution in [1.82, 2.24) is 20.2 Å². The Morgan fingerprint density at radius 2 is 1.86 bits per heavy atom. The maximum atomic E-state index is 12.8. The van der Waals surface area contributed by atoms with Gasteiger partial charge in [-0.3, -0.25) is 9.89 Å². The molecule has 0 unspecified atom stereocenters. The molecule has 0 atom stereocenters. The third kappa shape index (κ3) is 3.81. The Labute approximate surface area is 170 Å². The summed E-state index contributed by atoms with van der Waals surface area (Å²) in [6, 6.07) is 14.9. The number of nitrogens with one attached hydrogen (secondary N) is 2. The van der Waals surface area contributed by atoms with Gasteiger partial charge >= 0.3 is 0 Å². The lowest BCUT2D eigenvalue weighted by Crippen LogP contribution is -2.11. The number of benzene rings is 2. The number of rotatable bonds is 4. The molecule has 0 spiro atoms. The molecule has 140 valence electrons. The topological polar surface area (TPSA) is 83.6 Å². The molecule has 0 radical (unpaired) electrons. The van der Waals surface area contributed by atoms with Crippen molar-refractivity contribution in [1.29, 1.82) is 0 Å². The largest absolute Gasteiger partial charge is 0.321 e. The van der Waals surface area contributed by atoms with Crippen LogP contribution in [0.5, 0.6) is 0 Å². The SMILES string of the molecule is Cc1nc(-c2cccc(NC(=O)c3sc(-c4cccc(Cl)c4)nc3C)c2)n[nH]1. The third-order valence-corrected chi connectivity index (χ3v) is 5.49. The summed E-state index contributed by atoms with van der Waals surface area (Å²) in [5, 5.41) is 11.3. The van der Waals surface area contributed by atoms with Crippen molar-refractivity contribution < 1.29 is 4.79 Å². The van der Waals surface area contributed by atoms with Gasteiger partial charge in [0.15, 0.2) is 5.82 Å². The predicted octanol–water partition coefficient (Wildman–Crippen LogP) is 5.12. The van der Waals surface area contributed by atoms with Crippen molar-refractivity contribution in [3.63, 3.8) is 0 Å². The van der Waals surface area contributed by atoms with E-state index in [1.165, 1.54) is 11.3 Å². The lowest BCUT2D eigenvalue weighted by atomic mass is 10.2. The van der Waals surface area contributed by atoms with E-state index in [4.69, 9.17) is 11.6 Å². The molecule has 0 bridgehead atoms. The maximum Gasteiger partial charge on any atom is 0.267 e. The number of carbonyl (C=O) groups excluding carboxylic acids is 1. The van der Waals surface area contributed by atoms with E-state index in [-0.39, 0.29) is 5.91 Å². The number of carbonyl (C=O) groups is 1. The fourth-order valence-electron chi connectivity index (χ4n) is 2.75. The van der Waals surface area contributed by atoms with Crippen LogP contribution in [0.4, 0.5) is 5.69 Å². The predicted molar refractivity (Wildman–Crippen MR) is 112 cm³/mol. The fraction of sp³-hybridized carbons (Fsp3) is 0.100. The molecule has 8 heteroatoms. The number of thiazole rings is 1. The molecule has 1 amide bonds. The van der Waals surface area contributed by atoms with E-state index >= 15 is 0 Å². The average molecular weight is 410 g/mol. The number of hydrogen-bond acceptors (Lipinski definition) is 5. The summed E-state index contributed by atoms with van der Waals surface area (Å²) >= 11 is 7.40. The van der Waals surface area contributed by atoms with Crippen LogP contribution in [-0.2, 0) is 0 Å². The maximum absolute atomic E-state index is 12.8. The standard InChI is InChI=1S/C20H16ClN5OS/c1-11-17(28-20(22-11)14-6-3-7-15(21)9-14)19(27)24-16-8-4-5-13(10-16)18-23-12(2)25-26-18/h3-10H,1-2H3,(H,24,27)(H,23,25,26). The second-order valence-corrected chi connectivity index (χ2v) is 7.66. The van der Waals surface area contributed by atoms with E-state index in [0.29, 0.717) is 27.1 Å². The molecule has 0 aliphatic heterocycles. The summed E-state index contributed by atoms with van der Waals surface area (Å²) in [6.07, 6.45) is 0. The van der Waals surface area contributed by atoms with Crippen molar-refractivity contribution >= 4 is 34.5 Å². The molecule has 2 heterocycles. The second kappa shape index (κ2) is 7.53. The van der Waals surface area contributed by atoms with Crippen LogP contribution in [0.15, 0.2) is 48.5 Å². The van der Waals surface area contributed by atoms with Gasteiger partial charge in [0.1, 0.15) is 15.7 Å². The summed E-state index contributed by atoms with van der Waals surface area (Å²) in [5.74, 6) is 1.12. The van der Waals surface area contributed by atoms with Crippen LogP contribution in [0.25, 0.3) is 22.0 Å². The minimum atomic E-state index is -0.202. The Morgan fingerprint density at radius 3 is 2.61 bits per heavy atom. The Morgan fingerprint density at radius 1 is 1.07 bits per heavy atom. The second-order valence-electron chi connectivity index (χ2n) is 6.22. The van der Waals surface area contributed by atoms with E-state index in [1.54, 1.807) is 0 Å². The molecule has 2 N–H and O–H groups in total. The number of aromatic amines is 1. The molecule has 28 heavy (non-hydrogen) atoms. The number of amides is 1. The van der Waals surface area contributed by atoms with Gasteiger partial charge in [0.05, 0.1) is 5.69 Å². The van der Waals surface area contributed by atoms with E-state index in [9.17, 15) is 4.79 Å². The van der Waals surface area contributed by atoms with E-state index in [2.05, 4.69) is 25.5 Å². The molecule has 4 rings (SSSR count). The first-order valence-corrected chi connectivity index (χ1v) is 9.73. The molecule has 0 fully saturated rings. The molecular formula is C20H16ClN5OS. The van der Waals surface area contributed by atoms with Crippen LogP contribution in [0.3, 0.4) is 0 Å². The minimum absolute atomic E-state index is 0.202. The summed E-state index contributed by atoms with van der Waals surface area (Å²) in [4.78, 5) is 22.2. The zero-order valence-electron chi connectivity index (χ0n) is 15.2. The normalized spacial score (nSPS) is 10.8. The van der Waals surface area contributed by atoms with Crippen molar-refractivity contribution in [2.45, 2.75) is 13.8 Å². The first-order chi connectivity index (χ1) is 13.5. The molecule has 0 aliphatic carbocycles. The highest BCUT2D eigenvalue weighted by Gasteiger charge is 2.17. The number of aromatic nitrogens is 4. The van der Waals surface area contributed by atoms with Crippen LogP contribution < -0.4 is 5.32 Å². The van der Waals surface area contributed by atoms with Gasteiger partial charge in [0, 0.05) is 21.8 Å². The minimum Gasteiger partial charge on any atom is -0.321 e. The van der Waals surface area contributed by atoms with E-state index in [0.717, 1.165) is 22.0 Å². The Kier molecular flexibility index (Phi) is 4.93. The lowest BCUT2D eigenvalue weighted by Gasteiger charge is -2.05. The van der Waals surface area contributed by atoms with E-state index in [1.807, 2.05) is 62.4 Å². The smallest absolute Gasteiger partial charge is 0.267 e. The van der Waals surface area contributed by atoms with Crippen LogP contribution in [0.1, 0.15) is 21.2 Å². The molecule has 0 saturated carbocycles. The monoisotopic (exact) mass is 409 g/mol. The quantitative estimate of drug-likeness (QED) is 0.490. The number of nitrogens with zero attached hydrogens (tertiary/aromatic N) is 3. The van der Waals surface area contributed by atoms with Crippen LogP contribution in [0, 0.1) is 13.8 Å².